The largest absolute Gasteiger partial charge is 0.487 e. The predicted octanol–water partition coefficient (Wildman–Crippen LogP) is 3.57. The van der Waals surface area contributed by atoms with Crippen molar-refractivity contribution in [3.63, 3.8) is 0 Å². The van der Waals surface area contributed by atoms with E-state index < -0.39 is 6.03 Å². The molecule has 114 valence electrons. The summed E-state index contributed by atoms with van der Waals surface area (Å²) in [6.07, 6.45) is 1.43. The average Bonchev–Trinajstić information content (AvgIpc) is 2.47. The molecule has 2 aromatic carbocycles. The Kier molecular flexibility index (Phi) is 5.63. The lowest BCUT2D eigenvalue weighted by Gasteiger charge is -2.09. The number of benzene rings is 2. The third-order valence-corrected chi connectivity index (χ3v) is 3.35. The number of hydrogen-bond acceptors (Lipinski definition) is 3. The highest BCUT2D eigenvalue weighted by Gasteiger charge is 2.05. The molecule has 0 bridgehead atoms. The van der Waals surface area contributed by atoms with Crippen LogP contribution in [0, 0.1) is 0 Å². The first-order valence-electron chi connectivity index (χ1n) is 6.30. The van der Waals surface area contributed by atoms with Gasteiger partial charge in [0.1, 0.15) is 12.4 Å². The molecule has 0 fully saturated rings. The zero-order valence-electron chi connectivity index (χ0n) is 11.4. The molecule has 0 unspecified atom stereocenters. The van der Waals surface area contributed by atoms with Crippen LogP contribution in [0.3, 0.4) is 0 Å². The van der Waals surface area contributed by atoms with Gasteiger partial charge in [0, 0.05) is 10.6 Å². The number of urea groups is 1. The van der Waals surface area contributed by atoms with Gasteiger partial charge in [-0.3, -0.25) is 0 Å². The molecular formula is C15H13Cl2N3O2. The van der Waals surface area contributed by atoms with Crippen molar-refractivity contribution in [2.75, 3.05) is 0 Å². The second kappa shape index (κ2) is 7.68. The lowest BCUT2D eigenvalue weighted by molar-refractivity contribution is 0.249. The highest BCUT2D eigenvalue weighted by molar-refractivity contribution is 6.32. The van der Waals surface area contributed by atoms with Gasteiger partial charge < -0.3 is 10.5 Å². The number of carbonyl (C=O) groups excluding carboxylic acids is 1. The molecule has 2 aromatic rings. The quantitative estimate of drug-likeness (QED) is 0.646. The third kappa shape index (κ3) is 4.65. The maximum absolute atomic E-state index is 10.5. The van der Waals surface area contributed by atoms with Crippen molar-refractivity contribution in [2.45, 2.75) is 6.61 Å². The zero-order chi connectivity index (χ0) is 15.9. The molecule has 0 spiro atoms. The summed E-state index contributed by atoms with van der Waals surface area (Å²) in [6, 6.07) is 11.8. The molecule has 3 N–H and O–H groups in total. The minimum Gasteiger partial charge on any atom is -0.487 e. The molecular weight excluding hydrogens is 325 g/mol. The second-order valence-electron chi connectivity index (χ2n) is 4.30. The van der Waals surface area contributed by atoms with Crippen molar-refractivity contribution in [3.8, 4) is 5.75 Å². The summed E-state index contributed by atoms with van der Waals surface area (Å²) < 4.78 is 5.65. The standard InChI is InChI=1S/C15H13Cl2N3O2/c16-12-4-2-1-3-11(12)9-22-14-6-5-10(7-13(14)17)8-19-20-15(18)21/h1-8H,9H2,(H3,18,20,21)/b19-8-. The fraction of sp³-hybridized carbons (Fsp3) is 0.0667. The maximum Gasteiger partial charge on any atom is 0.332 e. The molecule has 0 heterocycles. The van der Waals surface area contributed by atoms with Crippen molar-refractivity contribution in [1.29, 1.82) is 0 Å². The lowest BCUT2D eigenvalue weighted by atomic mass is 10.2. The predicted molar refractivity (Wildman–Crippen MR) is 87.5 cm³/mol. The van der Waals surface area contributed by atoms with E-state index in [2.05, 4.69) is 10.5 Å². The van der Waals surface area contributed by atoms with E-state index in [1.807, 2.05) is 18.2 Å². The number of nitrogens with zero attached hydrogens (tertiary/aromatic N) is 1. The first kappa shape index (κ1) is 16.1. The van der Waals surface area contributed by atoms with E-state index in [0.29, 0.717) is 28.0 Å². The minimum absolute atomic E-state index is 0.316. The topological polar surface area (TPSA) is 76.7 Å². The van der Waals surface area contributed by atoms with Crippen LogP contribution in [0.4, 0.5) is 4.79 Å². The molecule has 0 aliphatic rings. The number of carbonyl (C=O) groups is 1. The summed E-state index contributed by atoms with van der Waals surface area (Å²) in [4.78, 5) is 10.5. The van der Waals surface area contributed by atoms with Crippen LogP contribution in [0.5, 0.6) is 5.75 Å². The zero-order valence-corrected chi connectivity index (χ0v) is 12.9. The monoisotopic (exact) mass is 337 g/mol. The van der Waals surface area contributed by atoms with Gasteiger partial charge in [-0.15, -0.1) is 0 Å². The van der Waals surface area contributed by atoms with E-state index in [4.69, 9.17) is 33.7 Å². The molecule has 0 aliphatic heterocycles. The van der Waals surface area contributed by atoms with Gasteiger partial charge in [-0.25, -0.2) is 10.2 Å². The van der Waals surface area contributed by atoms with E-state index in [1.165, 1.54) is 6.21 Å². The van der Waals surface area contributed by atoms with Crippen LogP contribution in [-0.4, -0.2) is 12.2 Å². The van der Waals surface area contributed by atoms with Crippen molar-refractivity contribution in [3.05, 3.63) is 63.6 Å². The molecule has 0 radical (unpaired) electrons. The van der Waals surface area contributed by atoms with Gasteiger partial charge in [0.2, 0.25) is 0 Å². The Morgan fingerprint density at radius 2 is 2.00 bits per heavy atom. The van der Waals surface area contributed by atoms with Gasteiger partial charge in [-0.2, -0.15) is 5.10 Å². The molecule has 0 aromatic heterocycles. The van der Waals surface area contributed by atoms with E-state index in [0.717, 1.165) is 5.56 Å². The van der Waals surface area contributed by atoms with Crippen molar-refractivity contribution in [1.82, 2.24) is 5.43 Å². The van der Waals surface area contributed by atoms with E-state index in [-0.39, 0.29) is 0 Å². The molecule has 0 saturated carbocycles. The summed E-state index contributed by atoms with van der Waals surface area (Å²) >= 11 is 12.2. The Hall–Kier alpha value is -2.24. The highest BCUT2D eigenvalue weighted by Crippen LogP contribution is 2.26. The molecule has 0 atom stereocenters. The molecule has 5 nitrogen and oxygen atoms in total. The summed E-state index contributed by atoms with van der Waals surface area (Å²) in [6.45, 7) is 0.316. The van der Waals surface area contributed by atoms with E-state index in [9.17, 15) is 4.79 Å². The van der Waals surface area contributed by atoms with Gasteiger partial charge in [-0.05, 0) is 29.8 Å². The van der Waals surface area contributed by atoms with Gasteiger partial charge in [0.15, 0.2) is 0 Å². The number of hydrazone groups is 1. The number of rotatable bonds is 5. The van der Waals surface area contributed by atoms with Gasteiger partial charge in [0.25, 0.3) is 0 Å². The normalized spacial score (nSPS) is 10.6. The number of primary amides is 1. The van der Waals surface area contributed by atoms with Crippen LogP contribution in [0.25, 0.3) is 0 Å². The lowest BCUT2D eigenvalue weighted by Crippen LogP contribution is -2.24. The number of amides is 2. The summed E-state index contributed by atoms with van der Waals surface area (Å²) in [5.41, 5.74) is 8.57. The number of halogens is 2. The molecule has 2 amide bonds. The molecule has 2 rings (SSSR count). The Bertz CT molecular complexity index is 705. The smallest absolute Gasteiger partial charge is 0.332 e. The maximum atomic E-state index is 10.5. The number of ether oxygens (including phenoxy) is 1. The number of nitrogens with one attached hydrogen (secondary N) is 1. The van der Waals surface area contributed by atoms with E-state index >= 15 is 0 Å². The fourth-order valence-corrected chi connectivity index (χ4v) is 2.09. The summed E-state index contributed by atoms with van der Waals surface area (Å²) in [7, 11) is 0. The Labute approximate surface area is 137 Å². The highest BCUT2D eigenvalue weighted by atomic mass is 35.5. The van der Waals surface area contributed by atoms with Gasteiger partial charge in [-0.1, -0.05) is 41.4 Å². The van der Waals surface area contributed by atoms with Crippen LogP contribution in [0.2, 0.25) is 10.0 Å². The Balaban J connectivity index is 2.02. The Morgan fingerprint density at radius 3 is 2.68 bits per heavy atom. The first-order chi connectivity index (χ1) is 10.6. The van der Waals surface area contributed by atoms with Crippen molar-refractivity contribution >= 4 is 35.4 Å². The average molecular weight is 338 g/mol. The molecule has 0 saturated heterocycles. The minimum atomic E-state index is -0.734. The van der Waals surface area contributed by atoms with Crippen LogP contribution in [0.15, 0.2) is 47.6 Å². The first-order valence-corrected chi connectivity index (χ1v) is 7.06. The number of hydrogen-bond donors (Lipinski definition) is 2. The van der Waals surface area contributed by atoms with Crippen LogP contribution in [-0.2, 0) is 6.61 Å². The SMILES string of the molecule is NC(=O)N/N=C\c1ccc(OCc2ccccc2Cl)c(Cl)c1. The third-order valence-electron chi connectivity index (χ3n) is 2.69. The summed E-state index contributed by atoms with van der Waals surface area (Å²) in [5, 5.41) is 4.72. The van der Waals surface area contributed by atoms with Crippen LogP contribution >= 0.6 is 23.2 Å². The molecule has 22 heavy (non-hydrogen) atoms. The second-order valence-corrected chi connectivity index (χ2v) is 5.12. The molecule has 0 aliphatic carbocycles. The Morgan fingerprint density at radius 1 is 1.23 bits per heavy atom. The van der Waals surface area contributed by atoms with Crippen LogP contribution < -0.4 is 15.9 Å². The van der Waals surface area contributed by atoms with Crippen molar-refractivity contribution < 1.29 is 9.53 Å². The van der Waals surface area contributed by atoms with E-state index in [1.54, 1.807) is 24.3 Å². The van der Waals surface area contributed by atoms with Crippen molar-refractivity contribution in [2.24, 2.45) is 10.8 Å². The number of nitrogens with two attached hydrogens (primary N) is 1. The fourth-order valence-electron chi connectivity index (χ4n) is 1.66. The van der Waals surface area contributed by atoms with Gasteiger partial charge in [0.05, 0.1) is 11.2 Å². The summed E-state index contributed by atoms with van der Waals surface area (Å²) in [5.74, 6) is 0.529. The molecule has 7 heteroatoms. The van der Waals surface area contributed by atoms with Crippen LogP contribution in [0.1, 0.15) is 11.1 Å². The van der Waals surface area contributed by atoms with Gasteiger partial charge >= 0.3 is 6.03 Å².